The van der Waals surface area contributed by atoms with E-state index in [4.69, 9.17) is 0 Å². The average molecular weight is 211 g/mol. The third-order valence-electron chi connectivity index (χ3n) is 1.87. The van der Waals surface area contributed by atoms with Gasteiger partial charge < -0.3 is 5.32 Å². The number of anilines is 1. The van der Waals surface area contributed by atoms with Crippen molar-refractivity contribution < 1.29 is 0 Å². The number of thioether (sulfide) groups is 1. The van der Waals surface area contributed by atoms with Crippen LogP contribution in [0.15, 0.2) is 18.5 Å². The van der Waals surface area contributed by atoms with Crippen molar-refractivity contribution in [2.75, 3.05) is 23.9 Å². The van der Waals surface area contributed by atoms with Crippen molar-refractivity contribution in [2.24, 2.45) is 0 Å². The quantitative estimate of drug-likeness (QED) is 0.703. The Morgan fingerprint density at radius 3 is 2.71 bits per heavy atom. The molecular weight excluding hydrogens is 194 g/mol. The maximum atomic E-state index is 4.09. The lowest BCUT2D eigenvalue weighted by atomic mass is 10.2. The van der Waals surface area contributed by atoms with Crippen LogP contribution in [0.2, 0.25) is 0 Å². The first-order valence-electron chi connectivity index (χ1n) is 4.93. The van der Waals surface area contributed by atoms with E-state index in [0.29, 0.717) is 0 Å². The zero-order valence-electron chi connectivity index (χ0n) is 8.57. The Hall–Kier alpha value is -0.770. The number of nitrogens with zero attached hydrogens (tertiary/aromatic N) is 2. The van der Waals surface area contributed by atoms with Crippen molar-refractivity contribution in [1.29, 1.82) is 0 Å². The molecule has 0 fully saturated rings. The molecule has 0 spiro atoms. The first kappa shape index (κ1) is 11.3. The summed E-state index contributed by atoms with van der Waals surface area (Å²) in [6.45, 7) is 0.971. The van der Waals surface area contributed by atoms with E-state index < -0.39 is 0 Å². The summed E-state index contributed by atoms with van der Waals surface area (Å²) in [5, 5.41) is 3.19. The fourth-order valence-electron chi connectivity index (χ4n) is 1.14. The molecule has 14 heavy (non-hydrogen) atoms. The summed E-state index contributed by atoms with van der Waals surface area (Å²) < 4.78 is 0. The summed E-state index contributed by atoms with van der Waals surface area (Å²) in [5.74, 6) is 2.00. The molecule has 1 aromatic rings. The predicted molar refractivity (Wildman–Crippen MR) is 62.8 cm³/mol. The minimum Gasteiger partial charge on any atom is -0.354 e. The molecule has 1 N–H and O–H groups in total. The predicted octanol–water partition coefficient (Wildman–Crippen LogP) is 2.42. The minimum atomic E-state index is 0.734. The van der Waals surface area contributed by atoms with Crippen molar-refractivity contribution in [3.05, 3.63) is 18.5 Å². The van der Waals surface area contributed by atoms with Gasteiger partial charge in [0.15, 0.2) is 0 Å². The van der Waals surface area contributed by atoms with E-state index in [9.17, 15) is 0 Å². The molecule has 0 radical (unpaired) electrons. The molecule has 1 heterocycles. The molecular formula is C10H17N3S. The lowest BCUT2D eigenvalue weighted by molar-refractivity contribution is 0.746. The molecule has 1 rings (SSSR count). The van der Waals surface area contributed by atoms with Crippen molar-refractivity contribution >= 4 is 17.7 Å². The van der Waals surface area contributed by atoms with Crippen LogP contribution in [0.5, 0.6) is 0 Å². The highest BCUT2D eigenvalue weighted by Gasteiger charge is 1.92. The van der Waals surface area contributed by atoms with Gasteiger partial charge >= 0.3 is 0 Å². The van der Waals surface area contributed by atoms with Crippen molar-refractivity contribution in [3.8, 4) is 0 Å². The second-order valence-corrected chi connectivity index (χ2v) is 4.04. The Bertz CT molecular complexity index is 228. The monoisotopic (exact) mass is 211 g/mol. The van der Waals surface area contributed by atoms with E-state index in [0.717, 1.165) is 12.5 Å². The molecule has 0 unspecified atom stereocenters. The van der Waals surface area contributed by atoms with Gasteiger partial charge in [0.1, 0.15) is 0 Å². The van der Waals surface area contributed by atoms with Gasteiger partial charge in [-0.1, -0.05) is 6.42 Å². The Balaban J connectivity index is 1.99. The molecule has 0 amide bonds. The van der Waals surface area contributed by atoms with Crippen LogP contribution in [0.3, 0.4) is 0 Å². The average Bonchev–Trinajstić information content (AvgIpc) is 2.25. The van der Waals surface area contributed by atoms with Gasteiger partial charge in [-0.2, -0.15) is 11.8 Å². The summed E-state index contributed by atoms with van der Waals surface area (Å²) in [5.41, 5.74) is 0. The summed E-state index contributed by atoms with van der Waals surface area (Å²) >= 11 is 1.91. The number of unbranched alkanes of at least 4 members (excludes halogenated alkanes) is 2. The van der Waals surface area contributed by atoms with E-state index in [2.05, 4.69) is 21.5 Å². The Morgan fingerprint density at radius 2 is 2.00 bits per heavy atom. The van der Waals surface area contributed by atoms with Crippen LogP contribution in [0.1, 0.15) is 19.3 Å². The second kappa shape index (κ2) is 7.62. The van der Waals surface area contributed by atoms with Gasteiger partial charge in [-0.15, -0.1) is 0 Å². The van der Waals surface area contributed by atoms with Gasteiger partial charge in [0.05, 0.1) is 0 Å². The van der Waals surface area contributed by atoms with Crippen molar-refractivity contribution in [3.63, 3.8) is 0 Å². The third kappa shape index (κ3) is 5.07. The van der Waals surface area contributed by atoms with Crippen LogP contribution in [-0.4, -0.2) is 28.5 Å². The molecule has 0 aromatic carbocycles. The SMILES string of the molecule is CSCCCCCNc1ncccn1. The fourth-order valence-corrected chi connectivity index (χ4v) is 1.63. The Morgan fingerprint density at radius 1 is 1.21 bits per heavy atom. The summed E-state index contributed by atoms with van der Waals surface area (Å²) in [7, 11) is 0. The van der Waals surface area contributed by atoms with Crippen molar-refractivity contribution in [1.82, 2.24) is 9.97 Å². The highest BCUT2D eigenvalue weighted by molar-refractivity contribution is 7.98. The van der Waals surface area contributed by atoms with E-state index >= 15 is 0 Å². The first-order valence-corrected chi connectivity index (χ1v) is 6.32. The van der Waals surface area contributed by atoms with E-state index in [1.807, 2.05) is 17.8 Å². The molecule has 1 aromatic heterocycles. The summed E-state index contributed by atoms with van der Waals surface area (Å²) in [4.78, 5) is 8.17. The topological polar surface area (TPSA) is 37.8 Å². The highest BCUT2D eigenvalue weighted by atomic mass is 32.2. The van der Waals surface area contributed by atoms with Gasteiger partial charge in [-0.3, -0.25) is 0 Å². The standard InChI is InChI=1S/C10H17N3S/c1-14-9-4-2-3-6-11-10-12-7-5-8-13-10/h5,7-8H,2-4,6,9H2,1H3,(H,11,12,13). The maximum Gasteiger partial charge on any atom is 0.222 e. The normalized spacial score (nSPS) is 10.1. The van der Waals surface area contributed by atoms with Crippen LogP contribution >= 0.6 is 11.8 Å². The molecule has 0 aliphatic heterocycles. The Labute approximate surface area is 89.7 Å². The van der Waals surface area contributed by atoms with Crippen LogP contribution in [-0.2, 0) is 0 Å². The van der Waals surface area contributed by atoms with E-state index in [1.165, 1.54) is 25.0 Å². The minimum absolute atomic E-state index is 0.734. The van der Waals surface area contributed by atoms with Gasteiger partial charge in [0.2, 0.25) is 5.95 Å². The molecule has 0 aliphatic rings. The first-order chi connectivity index (χ1) is 6.93. The third-order valence-corrected chi connectivity index (χ3v) is 2.57. The summed E-state index contributed by atoms with van der Waals surface area (Å²) in [6, 6.07) is 1.82. The molecule has 0 saturated carbocycles. The molecule has 4 heteroatoms. The number of rotatable bonds is 7. The summed E-state index contributed by atoms with van der Waals surface area (Å²) in [6.07, 6.45) is 9.43. The molecule has 78 valence electrons. The number of hydrogen-bond donors (Lipinski definition) is 1. The number of hydrogen-bond acceptors (Lipinski definition) is 4. The fraction of sp³-hybridized carbons (Fsp3) is 0.600. The molecule has 0 saturated heterocycles. The molecule has 0 aliphatic carbocycles. The number of aromatic nitrogens is 2. The zero-order chi connectivity index (χ0) is 10.1. The lowest BCUT2D eigenvalue weighted by Gasteiger charge is -2.03. The van der Waals surface area contributed by atoms with Gasteiger partial charge in [0, 0.05) is 18.9 Å². The van der Waals surface area contributed by atoms with Gasteiger partial charge in [-0.25, -0.2) is 9.97 Å². The molecule has 0 atom stereocenters. The lowest BCUT2D eigenvalue weighted by Crippen LogP contribution is -2.04. The zero-order valence-corrected chi connectivity index (χ0v) is 9.39. The van der Waals surface area contributed by atoms with Crippen molar-refractivity contribution in [2.45, 2.75) is 19.3 Å². The highest BCUT2D eigenvalue weighted by Crippen LogP contribution is 2.02. The van der Waals surface area contributed by atoms with Gasteiger partial charge in [-0.05, 0) is 30.9 Å². The number of nitrogens with one attached hydrogen (secondary N) is 1. The van der Waals surface area contributed by atoms with Crippen LogP contribution < -0.4 is 5.32 Å². The van der Waals surface area contributed by atoms with Gasteiger partial charge in [0.25, 0.3) is 0 Å². The van der Waals surface area contributed by atoms with Crippen LogP contribution in [0.4, 0.5) is 5.95 Å². The molecule has 0 bridgehead atoms. The molecule has 3 nitrogen and oxygen atoms in total. The van der Waals surface area contributed by atoms with Crippen LogP contribution in [0, 0.1) is 0 Å². The maximum absolute atomic E-state index is 4.09. The van der Waals surface area contributed by atoms with E-state index in [1.54, 1.807) is 12.4 Å². The van der Waals surface area contributed by atoms with E-state index in [-0.39, 0.29) is 0 Å². The Kier molecular flexibility index (Phi) is 6.15. The smallest absolute Gasteiger partial charge is 0.222 e. The van der Waals surface area contributed by atoms with Crippen LogP contribution in [0.25, 0.3) is 0 Å². The largest absolute Gasteiger partial charge is 0.354 e. The second-order valence-electron chi connectivity index (χ2n) is 3.05.